The summed E-state index contributed by atoms with van der Waals surface area (Å²) in [5.74, 6) is -2.26. The third-order valence-electron chi connectivity index (χ3n) is 2.19. The van der Waals surface area contributed by atoms with Crippen molar-refractivity contribution in [1.29, 1.82) is 0 Å². The Morgan fingerprint density at radius 2 is 1.95 bits per heavy atom. The van der Waals surface area contributed by atoms with Crippen LogP contribution in [0.25, 0.3) is 0 Å². The lowest BCUT2D eigenvalue weighted by atomic mass is 10.2. The van der Waals surface area contributed by atoms with Crippen LogP contribution in [0, 0.1) is 11.6 Å². The number of ether oxygens (including phenoxy) is 1. The molecule has 0 radical (unpaired) electrons. The average Bonchev–Trinajstić information content (AvgIpc) is 2.40. The molecule has 0 amide bonds. The molecule has 21 heavy (non-hydrogen) atoms. The minimum Gasteiger partial charge on any atom is -0.459 e. The fourth-order valence-electron chi connectivity index (χ4n) is 1.32. The van der Waals surface area contributed by atoms with Gasteiger partial charge in [0.15, 0.2) is 0 Å². The average molecular weight is 317 g/mol. The lowest BCUT2D eigenvalue weighted by molar-refractivity contribution is 0.273. The molecule has 0 aliphatic carbocycles. The summed E-state index contributed by atoms with van der Waals surface area (Å²) < 4.78 is 46.3. The molecule has 3 N–H and O–H groups in total. The molecule has 0 saturated heterocycles. The van der Waals surface area contributed by atoms with Gasteiger partial charge in [0.2, 0.25) is 5.82 Å². The fourth-order valence-corrected chi connectivity index (χ4v) is 1.70. The zero-order valence-corrected chi connectivity index (χ0v) is 11.3. The van der Waals surface area contributed by atoms with Crippen molar-refractivity contribution < 1.29 is 27.5 Å². The zero-order valence-electron chi connectivity index (χ0n) is 10.4. The number of hydrogen-bond donors (Lipinski definition) is 2. The van der Waals surface area contributed by atoms with Crippen LogP contribution in [0.5, 0.6) is 11.9 Å². The molecule has 1 unspecified atom stereocenters. The molecule has 112 valence electrons. The van der Waals surface area contributed by atoms with Crippen LogP contribution in [-0.4, -0.2) is 14.9 Å². The van der Waals surface area contributed by atoms with Crippen molar-refractivity contribution in [2.45, 2.75) is 6.61 Å². The molecule has 2 rings (SSSR count). The molecule has 1 aromatic carbocycles. The number of rotatable bonds is 5. The van der Waals surface area contributed by atoms with Gasteiger partial charge in [-0.15, -0.1) is 0 Å². The maximum Gasteiger partial charge on any atom is 0.454 e. The van der Waals surface area contributed by atoms with E-state index in [1.165, 1.54) is 24.3 Å². The highest BCUT2D eigenvalue weighted by Gasteiger charge is 2.19. The molecular formula is C11H10F2N3O4P. The Hall–Kier alpha value is -2.09. The van der Waals surface area contributed by atoms with E-state index in [0.29, 0.717) is 11.8 Å². The van der Waals surface area contributed by atoms with Crippen molar-refractivity contribution in [2.24, 2.45) is 5.50 Å². The Morgan fingerprint density at radius 3 is 2.57 bits per heavy atom. The van der Waals surface area contributed by atoms with Gasteiger partial charge in [-0.25, -0.2) is 19.4 Å². The monoisotopic (exact) mass is 317 g/mol. The summed E-state index contributed by atoms with van der Waals surface area (Å²) in [5, 5.41) is 0. The van der Waals surface area contributed by atoms with Crippen LogP contribution < -0.4 is 14.8 Å². The SMILES string of the molecule is NP(=O)(O)Oc1nc(OCc2ccc(F)cc2)ncc1F. The second-order valence-corrected chi connectivity index (χ2v) is 5.19. The van der Waals surface area contributed by atoms with Crippen LogP contribution in [0.4, 0.5) is 8.78 Å². The summed E-state index contributed by atoms with van der Waals surface area (Å²) in [4.78, 5) is 15.8. The van der Waals surface area contributed by atoms with Crippen molar-refractivity contribution in [1.82, 2.24) is 9.97 Å². The van der Waals surface area contributed by atoms with Gasteiger partial charge in [0.05, 0.1) is 6.20 Å². The first-order valence-corrected chi connectivity index (χ1v) is 7.19. The van der Waals surface area contributed by atoms with Crippen LogP contribution in [0.3, 0.4) is 0 Å². The number of nitrogens with zero attached hydrogens (tertiary/aromatic N) is 2. The van der Waals surface area contributed by atoms with Gasteiger partial charge in [-0.3, -0.25) is 0 Å². The summed E-state index contributed by atoms with van der Waals surface area (Å²) >= 11 is 0. The third kappa shape index (κ3) is 4.75. The van der Waals surface area contributed by atoms with E-state index < -0.39 is 25.3 Å². The van der Waals surface area contributed by atoms with Crippen LogP contribution >= 0.6 is 7.75 Å². The van der Waals surface area contributed by atoms with Gasteiger partial charge in [-0.2, -0.15) is 9.37 Å². The standard InChI is InChI=1S/C11H10F2N3O4P/c12-8-3-1-7(2-4-8)6-19-11-15-5-9(13)10(16-11)20-21(14,17)18/h1-5H,6H2,(H3,14,17,18). The maximum atomic E-state index is 13.3. The first kappa shape index (κ1) is 15.3. The van der Waals surface area contributed by atoms with E-state index in [2.05, 4.69) is 14.5 Å². The largest absolute Gasteiger partial charge is 0.459 e. The number of hydrogen-bond acceptors (Lipinski definition) is 5. The van der Waals surface area contributed by atoms with Gasteiger partial charge < -0.3 is 14.2 Å². The summed E-state index contributed by atoms with van der Waals surface area (Å²) in [6.07, 6.45) is 0.706. The van der Waals surface area contributed by atoms with Gasteiger partial charge in [-0.05, 0) is 17.7 Å². The number of nitrogens with two attached hydrogens (primary N) is 1. The van der Waals surface area contributed by atoms with Gasteiger partial charge >= 0.3 is 13.8 Å². The molecule has 0 saturated carbocycles. The molecule has 0 fully saturated rings. The molecule has 1 aromatic heterocycles. The van der Waals surface area contributed by atoms with E-state index in [1.807, 2.05) is 0 Å². The van der Waals surface area contributed by atoms with E-state index in [4.69, 9.17) is 15.1 Å². The number of benzene rings is 1. The third-order valence-corrected chi connectivity index (χ3v) is 2.62. The molecule has 1 atom stereocenters. The summed E-state index contributed by atoms with van der Waals surface area (Å²) in [7, 11) is -4.44. The van der Waals surface area contributed by atoms with E-state index in [0.717, 1.165) is 0 Å². The molecule has 2 aromatic rings. The molecule has 1 heterocycles. The first-order chi connectivity index (χ1) is 9.83. The number of halogens is 2. The summed E-state index contributed by atoms with van der Waals surface area (Å²) in [6.45, 7) is -0.00916. The fraction of sp³-hybridized carbons (Fsp3) is 0.0909. The first-order valence-electron chi connectivity index (χ1n) is 5.54. The Labute approximate surface area is 118 Å². The normalized spacial score (nSPS) is 13.5. The molecular weight excluding hydrogens is 307 g/mol. The zero-order chi connectivity index (χ0) is 15.5. The minimum atomic E-state index is -4.44. The molecule has 0 spiro atoms. The van der Waals surface area contributed by atoms with Gasteiger partial charge in [0, 0.05) is 0 Å². The molecule has 10 heteroatoms. The topological polar surface area (TPSA) is 108 Å². The number of aromatic nitrogens is 2. The van der Waals surface area contributed by atoms with Crippen molar-refractivity contribution in [3.8, 4) is 11.9 Å². The molecule has 7 nitrogen and oxygen atoms in total. The summed E-state index contributed by atoms with van der Waals surface area (Å²) in [5.41, 5.74) is 5.37. The quantitative estimate of drug-likeness (QED) is 0.809. The highest BCUT2D eigenvalue weighted by atomic mass is 31.2. The van der Waals surface area contributed by atoms with Gasteiger partial charge in [-0.1, -0.05) is 12.1 Å². The lowest BCUT2D eigenvalue weighted by Crippen LogP contribution is -2.06. The van der Waals surface area contributed by atoms with Crippen molar-refractivity contribution in [3.63, 3.8) is 0 Å². The van der Waals surface area contributed by atoms with Crippen molar-refractivity contribution in [2.75, 3.05) is 0 Å². The van der Waals surface area contributed by atoms with Crippen LogP contribution in [0.2, 0.25) is 0 Å². The van der Waals surface area contributed by atoms with Crippen LogP contribution in [-0.2, 0) is 11.2 Å². The maximum absolute atomic E-state index is 13.3. The predicted octanol–water partition coefficient (Wildman–Crippen LogP) is 1.77. The van der Waals surface area contributed by atoms with Crippen molar-refractivity contribution >= 4 is 7.75 Å². The summed E-state index contributed by atoms with van der Waals surface area (Å²) in [6, 6.07) is 5.17. The van der Waals surface area contributed by atoms with E-state index in [9.17, 15) is 13.3 Å². The van der Waals surface area contributed by atoms with E-state index in [-0.39, 0.29) is 12.6 Å². The van der Waals surface area contributed by atoms with E-state index >= 15 is 0 Å². The van der Waals surface area contributed by atoms with Gasteiger partial charge in [0.1, 0.15) is 12.4 Å². The highest BCUT2D eigenvalue weighted by molar-refractivity contribution is 7.50. The van der Waals surface area contributed by atoms with Crippen molar-refractivity contribution in [3.05, 3.63) is 47.7 Å². The van der Waals surface area contributed by atoms with Crippen LogP contribution in [0.15, 0.2) is 30.5 Å². The molecule has 0 aliphatic rings. The Balaban J connectivity index is 2.08. The Morgan fingerprint density at radius 1 is 1.29 bits per heavy atom. The molecule has 0 aliphatic heterocycles. The smallest absolute Gasteiger partial charge is 0.454 e. The molecule has 0 bridgehead atoms. The second kappa shape index (κ2) is 6.13. The Kier molecular flexibility index (Phi) is 4.46. The Bertz CT molecular complexity index is 678. The van der Waals surface area contributed by atoms with Gasteiger partial charge in [0.25, 0.3) is 5.88 Å². The predicted molar refractivity (Wildman–Crippen MR) is 67.4 cm³/mol. The highest BCUT2D eigenvalue weighted by Crippen LogP contribution is 2.34. The second-order valence-electron chi connectivity index (χ2n) is 3.88. The minimum absolute atomic E-state index is 0.00916. The van der Waals surface area contributed by atoms with E-state index in [1.54, 1.807) is 0 Å². The lowest BCUT2D eigenvalue weighted by Gasteiger charge is -2.09. The van der Waals surface area contributed by atoms with Crippen LogP contribution in [0.1, 0.15) is 5.56 Å².